The first-order valence-electron chi connectivity index (χ1n) is 4.23. The Labute approximate surface area is 67.5 Å². The van der Waals surface area contributed by atoms with Crippen LogP contribution in [0.15, 0.2) is 0 Å². The van der Waals surface area contributed by atoms with Crippen LogP contribution in [0.2, 0.25) is 0 Å². The van der Waals surface area contributed by atoms with E-state index < -0.39 is 0 Å². The van der Waals surface area contributed by atoms with Crippen LogP contribution in [-0.2, 0) is 4.79 Å². The zero-order chi connectivity index (χ0) is 8.27. The summed E-state index contributed by atoms with van der Waals surface area (Å²) in [6.45, 7) is 5.43. The van der Waals surface area contributed by atoms with E-state index in [0.29, 0.717) is 12.3 Å². The van der Waals surface area contributed by atoms with E-state index in [1.807, 2.05) is 0 Å². The molecule has 1 heterocycles. The molecule has 0 aromatic heterocycles. The number of amides is 1. The van der Waals surface area contributed by atoms with Gasteiger partial charge in [0, 0.05) is 13.0 Å². The Kier molecular flexibility index (Phi) is 2.88. The molecule has 1 saturated heterocycles. The average molecular weight is 156 g/mol. The summed E-state index contributed by atoms with van der Waals surface area (Å²) in [5, 5.41) is 0. The van der Waals surface area contributed by atoms with Gasteiger partial charge in [0.2, 0.25) is 5.91 Å². The zero-order valence-corrected chi connectivity index (χ0v) is 7.05. The third-order valence-corrected chi connectivity index (χ3v) is 2.31. The van der Waals surface area contributed by atoms with Gasteiger partial charge in [0.25, 0.3) is 0 Å². The highest BCUT2D eigenvalue weighted by molar-refractivity contribution is 5.74. The minimum absolute atomic E-state index is 0.159. The smallest absolute Gasteiger partial charge is 0.217 e. The lowest BCUT2D eigenvalue weighted by Gasteiger charge is -2.11. The van der Waals surface area contributed by atoms with Gasteiger partial charge in [0.1, 0.15) is 0 Å². The van der Waals surface area contributed by atoms with Crippen molar-refractivity contribution in [1.82, 2.24) is 4.90 Å². The van der Waals surface area contributed by atoms with Crippen molar-refractivity contribution in [3.8, 4) is 0 Å². The molecule has 1 aliphatic rings. The molecule has 3 nitrogen and oxygen atoms in total. The summed E-state index contributed by atoms with van der Waals surface area (Å²) in [4.78, 5) is 12.9. The number of carbonyl (C=O) groups excluding carboxylic acids is 1. The van der Waals surface area contributed by atoms with Gasteiger partial charge in [-0.2, -0.15) is 0 Å². The van der Waals surface area contributed by atoms with E-state index in [0.717, 1.165) is 26.1 Å². The number of hydrogen-bond acceptors (Lipinski definition) is 2. The van der Waals surface area contributed by atoms with Crippen LogP contribution in [0.4, 0.5) is 0 Å². The summed E-state index contributed by atoms with van der Waals surface area (Å²) in [6.07, 6.45) is 1.70. The number of carbonyl (C=O) groups is 1. The molecule has 0 saturated carbocycles. The maximum absolute atomic E-state index is 10.6. The molecule has 1 atom stereocenters. The fourth-order valence-corrected chi connectivity index (χ4v) is 1.65. The van der Waals surface area contributed by atoms with E-state index in [1.54, 1.807) is 0 Å². The first-order valence-corrected chi connectivity index (χ1v) is 4.23. The van der Waals surface area contributed by atoms with Crippen molar-refractivity contribution in [3.05, 3.63) is 0 Å². The molecule has 2 N–H and O–H groups in total. The van der Waals surface area contributed by atoms with Crippen LogP contribution in [0, 0.1) is 5.92 Å². The summed E-state index contributed by atoms with van der Waals surface area (Å²) in [5.41, 5.74) is 5.10. The van der Waals surface area contributed by atoms with Crippen LogP contribution in [0.1, 0.15) is 19.8 Å². The molecule has 1 amide bonds. The van der Waals surface area contributed by atoms with E-state index in [-0.39, 0.29) is 5.91 Å². The average Bonchev–Trinajstić information content (AvgIpc) is 2.34. The van der Waals surface area contributed by atoms with Crippen molar-refractivity contribution in [2.24, 2.45) is 11.7 Å². The van der Waals surface area contributed by atoms with Crippen molar-refractivity contribution < 1.29 is 4.79 Å². The van der Waals surface area contributed by atoms with E-state index in [9.17, 15) is 4.79 Å². The SMILES string of the molecule is CCN1CCC(CC(N)=O)C1. The molecule has 0 bridgehead atoms. The third-order valence-electron chi connectivity index (χ3n) is 2.31. The van der Waals surface area contributed by atoms with Crippen molar-refractivity contribution in [3.63, 3.8) is 0 Å². The lowest BCUT2D eigenvalue weighted by atomic mass is 10.1. The molecule has 11 heavy (non-hydrogen) atoms. The Balaban J connectivity index is 2.24. The lowest BCUT2D eigenvalue weighted by molar-refractivity contribution is -0.118. The molecule has 3 heteroatoms. The predicted octanol–water partition coefficient (Wildman–Crippen LogP) is 0.204. The standard InChI is InChI=1S/C8H16N2O/c1-2-10-4-3-7(6-10)5-8(9)11/h7H,2-6H2,1H3,(H2,9,11). The molecule has 0 aromatic rings. The van der Waals surface area contributed by atoms with Gasteiger partial charge in [-0.15, -0.1) is 0 Å². The maximum Gasteiger partial charge on any atom is 0.217 e. The lowest BCUT2D eigenvalue weighted by Crippen LogP contribution is -2.22. The number of rotatable bonds is 3. The second-order valence-electron chi connectivity index (χ2n) is 3.22. The van der Waals surface area contributed by atoms with Crippen LogP contribution < -0.4 is 5.73 Å². The molecule has 0 aliphatic carbocycles. The largest absolute Gasteiger partial charge is 0.370 e. The van der Waals surface area contributed by atoms with Gasteiger partial charge in [-0.25, -0.2) is 0 Å². The summed E-state index contributed by atoms with van der Waals surface area (Å²) in [6, 6.07) is 0. The molecule has 0 radical (unpaired) electrons. The van der Waals surface area contributed by atoms with Gasteiger partial charge < -0.3 is 10.6 Å². The fourth-order valence-electron chi connectivity index (χ4n) is 1.65. The maximum atomic E-state index is 10.6. The predicted molar refractivity (Wildman–Crippen MR) is 44.0 cm³/mol. The van der Waals surface area contributed by atoms with E-state index >= 15 is 0 Å². The first kappa shape index (κ1) is 8.53. The topological polar surface area (TPSA) is 46.3 Å². The monoisotopic (exact) mass is 156 g/mol. The van der Waals surface area contributed by atoms with Crippen molar-refractivity contribution in [1.29, 1.82) is 0 Å². The normalized spacial score (nSPS) is 25.7. The third kappa shape index (κ3) is 2.50. The number of primary amides is 1. The first-order chi connectivity index (χ1) is 5.22. The minimum atomic E-state index is -0.159. The Morgan fingerprint density at radius 3 is 2.91 bits per heavy atom. The molecule has 1 aliphatic heterocycles. The van der Waals surface area contributed by atoms with E-state index in [1.165, 1.54) is 0 Å². The van der Waals surface area contributed by atoms with E-state index in [4.69, 9.17) is 5.73 Å². The van der Waals surface area contributed by atoms with Gasteiger partial charge in [-0.1, -0.05) is 6.92 Å². The molecular weight excluding hydrogens is 140 g/mol. The number of nitrogens with two attached hydrogens (primary N) is 1. The fraction of sp³-hybridized carbons (Fsp3) is 0.875. The molecule has 1 rings (SSSR count). The van der Waals surface area contributed by atoms with Crippen molar-refractivity contribution in [2.75, 3.05) is 19.6 Å². The number of likely N-dealkylation sites (tertiary alicyclic amines) is 1. The van der Waals surface area contributed by atoms with Crippen LogP contribution >= 0.6 is 0 Å². The zero-order valence-electron chi connectivity index (χ0n) is 7.05. The minimum Gasteiger partial charge on any atom is -0.370 e. The molecule has 1 unspecified atom stereocenters. The second-order valence-corrected chi connectivity index (χ2v) is 3.22. The highest BCUT2D eigenvalue weighted by Gasteiger charge is 2.21. The highest BCUT2D eigenvalue weighted by Crippen LogP contribution is 2.18. The van der Waals surface area contributed by atoms with Crippen molar-refractivity contribution in [2.45, 2.75) is 19.8 Å². The van der Waals surface area contributed by atoms with Gasteiger partial charge in [0.05, 0.1) is 0 Å². The van der Waals surface area contributed by atoms with Gasteiger partial charge in [-0.05, 0) is 25.4 Å². The molecule has 0 spiro atoms. The highest BCUT2D eigenvalue weighted by atomic mass is 16.1. The number of nitrogens with zero attached hydrogens (tertiary/aromatic N) is 1. The van der Waals surface area contributed by atoms with Crippen LogP contribution in [0.25, 0.3) is 0 Å². The Morgan fingerprint density at radius 2 is 2.45 bits per heavy atom. The Bertz CT molecular complexity index is 147. The van der Waals surface area contributed by atoms with Crippen LogP contribution in [0.5, 0.6) is 0 Å². The quantitative estimate of drug-likeness (QED) is 0.634. The summed E-state index contributed by atoms with van der Waals surface area (Å²) >= 11 is 0. The number of hydrogen-bond donors (Lipinski definition) is 1. The molecular formula is C8H16N2O. The molecule has 64 valence electrons. The summed E-state index contributed by atoms with van der Waals surface area (Å²) in [7, 11) is 0. The van der Waals surface area contributed by atoms with Gasteiger partial charge >= 0.3 is 0 Å². The van der Waals surface area contributed by atoms with Crippen LogP contribution in [-0.4, -0.2) is 30.4 Å². The molecule has 0 aromatic carbocycles. The van der Waals surface area contributed by atoms with E-state index in [2.05, 4.69) is 11.8 Å². The Hall–Kier alpha value is -0.570. The van der Waals surface area contributed by atoms with Crippen molar-refractivity contribution >= 4 is 5.91 Å². The molecule has 1 fully saturated rings. The summed E-state index contributed by atoms with van der Waals surface area (Å²) < 4.78 is 0. The van der Waals surface area contributed by atoms with Crippen LogP contribution in [0.3, 0.4) is 0 Å². The Morgan fingerprint density at radius 1 is 1.73 bits per heavy atom. The van der Waals surface area contributed by atoms with Gasteiger partial charge in [0.15, 0.2) is 0 Å². The summed E-state index contributed by atoms with van der Waals surface area (Å²) in [5.74, 6) is 0.361. The second kappa shape index (κ2) is 3.72. The van der Waals surface area contributed by atoms with Gasteiger partial charge in [-0.3, -0.25) is 4.79 Å².